The van der Waals surface area contributed by atoms with Crippen molar-refractivity contribution in [2.75, 3.05) is 19.7 Å². The molecular formula is C22H24N4O4. The number of rotatable bonds is 9. The molecular weight excluding hydrogens is 384 g/mol. The number of H-pyrrole nitrogens is 1. The van der Waals surface area contributed by atoms with Crippen LogP contribution < -0.4 is 10.9 Å². The Hall–Kier alpha value is -3.52. The Morgan fingerprint density at radius 3 is 2.47 bits per heavy atom. The van der Waals surface area contributed by atoms with Gasteiger partial charge in [0.2, 0.25) is 11.8 Å². The monoisotopic (exact) mass is 408 g/mol. The van der Waals surface area contributed by atoms with Crippen LogP contribution in [0.5, 0.6) is 0 Å². The predicted octanol–water partition coefficient (Wildman–Crippen LogP) is 0.993. The molecule has 156 valence electrons. The van der Waals surface area contributed by atoms with Crippen molar-refractivity contribution in [3.8, 4) is 0 Å². The molecule has 0 aliphatic heterocycles. The fraction of sp³-hybridized carbons (Fsp3) is 0.273. The van der Waals surface area contributed by atoms with Gasteiger partial charge in [-0.2, -0.15) is 5.10 Å². The van der Waals surface area contributed by atoms with E-state index in [4.69, 9.17) is 0 Å². The zero-order valence-corrected chi connectivity index (χ0v) is 16.5. The molecule has 2 amide bonds. The largest absolute Gasteiger partial charge is 0.395 e. The summed E-state index contributed by atoms with van der Waals surface area (Å²) in [6.45, 7) is 0.683. The lowest BCUT2D eigenvalue weighted by atomic mass is 10.1. The molecule has 0 aliphatic carbocycles. The summed E-state index contributed by atoms with van der Waals surface area (Å²) in [6.07, 6.45) is 0.119. The maximum atomic E-state index is 12.5. The smallest absolute Gasteiger partial charge is 0.272 e. The Bertz CT molecular complexity index is 1070. The fourth-order valence-electron chi connectivity index (χ4n) is 3.20. The van der Waals surface area contributed by atoms with E-state index in [-0.39, 0.29) is 49.9 Å². The van der Waals surface area contributed by atoms with Crippen LogP contribution in [0.1, 0.15) is 17.7 Å². The van der Waals surface area contributed by atoms with E-state index >= 15 is 0 Å². The van der Waals surface area contributed by atoms with E-state index in [2.05, 4.69) is 15.5 Å². The molecule has 1 heterocycles. The number of nitrogens with zero attached hydrogens (tertiary/aromatic N) is 2. The highest BCUT2D eigenvalue weighted by molar-refractivity contribution is 5.88. The molecule has 0 atom stereocenters. The lowest BCUT2D eigenvalue weighted by molar-refractivity contribution is -0.132. The number of aromatic amines is 1. The van der Waals surface area contributed by atoms with Crippen LogP contribution in [0.25, 0.3) is 10.8 Å². The topological polar surface area (TPSA) is 115 Å². The molecule has 2 aromatic carbocycles. The normalized spacial score (nSPS) is 10.7. The number of aromatic nitrogens is 2. The van der Waals surface area contributed by atoms with Crippen LogP contribution in [0.3, 0.4) is 0 Å². The van der Waals surface area contributed by atoms with Gasteiger partial charge in [0, 0.05) is 31.4 Å². The first-order valence-corrected chi connectivity index (χ1v) is 9.74. The predicted molar refractivity (Wildman–Crippen MR) is 113 cm³/mol. The summed E-state index contributed by atoms with van der Waals surface area (Å²) in [6, 6.07) is 16.5. The zero-order valence-electron chi connectivity index (χ0n) is 16.5. The van der Waals surface area contributed by atoms with Crippen molar-refractivity contribution >= 4 is 22.6 Å². The molecule has 8 heteroatoms. The molecule has 0 spiro atoms. The van der Waals surface area contributed by atoms with Crippen LogP contribution in [-0.4, -0.2) is 51.7 Å². The molecule has 8 nitrogen and oxygen atoms in total. The summed E-state index contributed by atoms with van der Waals surface area (Å²) in [4.78, 5) is 38.2. The van der Waals surface area contributed by atoms with E-state index in [1.54, 1.807) is 29.2 Å². The van der Waals surface area contributed by atoms with Gasteiger partial charge in [-0.05, 0) is 11.6 Å². The zero-order chi connectivity index (χ0) is 21.3. The minimum atomic E-state index is -0.303. The van der Waals surface area contributed by atoms with Crippen LogP contribution in [-0.2, 0) is 22.6 Å². The minimum Gasteiger partial charge on any atom is -0.395 e. The van der Waals surface area contributed by atoms with Crippen molar-refractivity contribution < 1.29 is 14.7 Å². The molecule has 3 aromatic rings. The Morgan fingerprint density at radius 1 is 1.03 bits per heavy atom. The number of hydrogen-bond donors (Lipinski definition) is 3. The number of fused-ring (bicyclic) bond motifs is 1. The Morgan fingerprint density at radius 2 is 1.73 bits per heavy atom. The van der Waals surface area contributed by atoms with Crippen molar-refractivity contribution in [2.45, 2.75) is 19.4 Å². The molecule has 0 aliphatic rings. The maximum Gasteiger partial charge on any atom is 0.272 e. The second-order valence-corrected chi connectivity index (χ2v) is 6.85. The number of aliphatic hydroxyl groups is 1. The SMILES string of the molecule is O=C(Cc1n[nH]c(=O)c2ccccc12)NCCC(=O)N(CCO)Cc1ccccc1. The fourth-order valence-corrected chi connectivity index (χ4v) is 3.20. The third-order valence-electron chi connectivity index (χ3n) is 4.70. The van der Waals surface area contributed by atoms with Gasteiger partial charge >= 0.3 is 0 Å². The number of nitrogens with one attached hydrogen (secondary N) is 2. The van der Waals surface area contributed by atoms with Gasteiger partial charge in [0.15, 0.2) is 0 Å². The average molecular weight is 408 g/mol. The summed E-state index contributed by atoms with van der Waals surface area (Å²) in [7, 11) is 0. The molecule has 0 fully saturated rings. The van der Waals surface area contributed by atoms with Crippen molar-refractivity contribution in [1.82, 2.24) is 20.4 Å². The van der Waals surface area contributed by atoms with Gasteiger partial charge < -0.3 is 15.3 Å². The van der Waals surface area contributed by atoms with E-state index in [9.17, 15) is 19.5 Å². The molecule has 3 rings (SSSR count). The van der Waals surface area contributed by atoms with E-state index in [0.717, 1.165) is 5.56 Å². The van der Waals surface area contributed by atoms with Crippen LogP contribution in [0.2, 0.25) is 0 Å². The Kier molecular flexibility index (Phi) is 7.29. The van der Waals surface area contributed by atoms with E-state index in [0.29, 0.717) is 23.0 Å². The van der Waals surface area contributed by atoms with Crippen molar-refractivity contribution in [1.29, 1.82) is 0 Å². The first-order chi connectivity index (χ1) is 14.6. The van der Waals surface area contributed by atoms with Crippen molar-refractivity contribution in [3.63, 3.8) is 0 Å². The van der Waals surface area contributed by atoms with Crippen molar-refractivity contribution in [3.05, 3.63) is 76.2 Å². The van der Waals surface area contributed by atoms with E-state index in [1.165, 1.54) is 0 Å². The summed E-state index contributed by atoms with van der Waals surface area (Å²) in [5.41, 5.74) is 1.14. The molecule has 0 radical (unpaired) electrons. The highest BCUT2D eigenvalue weighted by Crippen LogP contribution is 2.12. The summed E-state index contributed by atoms with van der Waals surface area (Å²) in [5, 5.41) is 19.5. The number of carbonyl (C=O) groups excluding carboxylic acids is 2. The standard InChI is InChI=1S/C22H24N4O4/c27-13-12-26(15-16-6-2-1-3-7-16)21(29)10-11-23-20(28)14-19-17-8-4-5-9-18(17)22(30)25-24-19/h1-9,27H,10-15H2,(H,23,28)(H,25,30). The third-order valence-corrected chi connectivity index (χ3v) is 4.70. The van der Waals surface area contributed by atoms with Gasteiger partial charge in [-0.1, -0.05) is 48.5 Å². The first-order valence-electron chi connectivity index (χ1n) is 9.74. The molecule has 30 heavy (non-hydrogen) atoms. The molecule has 0 bridgehead atoms. The number of carbonyl (C=O) groups is 2. The van der Waals surface area contributed by atoms with E-state index in [1.807, 2.05) is 30.3 Å². The first kappa shape index (κ1) is 21.2. The van der Waals surface area contributed by atoms with Gasteiger partial charge in [-0.3, -0.25) is 14.4 Å². The van der Waals surface area contributed by atoms with Crippen molar-refractivity contribution in [2.24, 2.45) is 0 Å². The van der Waals surface area contributed by atoms with Crippen LogP contribution >= 0.6 is 0 Å². The second-order valence-electron chi connectivity index (χ2n) is 6.85. The molecule has 3 N–H and O–H groups in total. The molecule has 0 saturated heterocycles. The molecule has 0 unspecified atom stereocenters. The lowest BCUT2D eigenvalue weighted by Gasteiger charge is -2.22. The van der Waals surface area contributed by atoms with Gasteiger partial charge in [0.05, 0.1) is 24.1 Å². The Balaban J connectivity index is 1.54. The van der Waals surface area contributed by atoms with Gasteiger partial charge in [-0.15, -0.1) is 0 Å². The minimum absolute atomic E-state index is 0.00411. The number of aliphatic hydroxyl groups excluding tert-OH is 1. The Labute approximate surface area is 173 Å². The lowest BCUT2D eigenvalue weighted by Crippen LogP contribution is -2.36. The van der Waals surface area contributed by atoms with Crippen LogP contribution in [0, 0.1) is 0 Å². The van der Waals surface area contributed by atoms with Crippen LogP contribution in [0.4, 0.5) is 0 Å². The number of hydrogen-bond acceptors (Lipinski definition) is 5. The average Bonchev–Trinajstić information content (AvgIpc) is 2.76. The third kappa shape index (κ3) is 5.51. The maximum absolute atomic E-state index is 12.5. The summed E-state index contributed by atoms with van der Waals surface area (Å²) < 4.78 is 0. The summed E-state index contributed by atoms with van der Waals surface area (Å²) >= 11 is 0. The molecule has 0 saturated carbocycles. The van der Waals surface area contributed by atoms with Gasteiger partial charge in [0.25, 0.3) is 5.56 Å². The highest BCUT2D eigenvalue weighted by Gasteiger charge is 2.15. The number of amides is 2. The quantitative estimate of drug-likeness (QED) is 0.488. The van der Waals surface area contributed by atoms with Gasteiger partial charge in [-0.25, -0.2) is 5.10 Å². The summed E-state index contributed by atoms with van der Waals surface area (Å²) in [5.74, 6) is -0.440. The van der Waals surface area contributed by atoms with E-state index < -0.39 is 0 Å². The molecule has 1 aromatic heterocycles. The van der Waals surface area contributed by atoms with Gasteiger partial charge in [0.1, 0.15) is 0 Å². The second kappa shape index (κ2) is 10.3. The highest BCUT2D eigenvalue weighted by atomic mass is 16.3. The number of benzene rings is 2. The van der Waals surface area contributed by atoms with Crippen LogP contribution in [0.15, 0.2) is 59.4 Å².